The van der Waals surface area contributed by atoms with Crippen LogP contribution in [0.25, 0.3) is 0 Å². The Bertz CT molecular complexity index is 456. The van der Waals surface area contributed by atoms with Crippen molar-refractivity contribution in [3.63, 3.8) is 0 Å². The third-order valence-electron chi connectivity index (χ3n) is 3.14. The second-order valence-corrected chi connectivity index (χ2v) is 5.19. The molecular weight excluding hydrogens is 234 g/mol. The van der Waals surface area contributed by atoms with Crippen LogP contribution in [0.15, 0.2) is 23.2 Å². The molecule has 0 radical (unpaired) electrons. The Balaban J connectivity index is 2.30. The average molecular weight is 252 g/mol. The van der Waals surface area contributed by atoms with Gasteiger partial charge in [-0.1, -0.05) is 30.7 Å². The zero-order chi connectivity index (χ0) is 12.5. The zero-order valence-corrected chi connectivity index (χ0v) is 11.3. The maximum Gasteiger partial charge on any atom is 0.184 e. The molecule has 0 aliphatic carbocycles. The first-order valence-electron chi connectivity index (χ1n) is 6.03. The van der Waals surface area contributed by atoms with Gasteiger partial charge in [-0.2, -0.15) is 0 Å². The summed E-state index contributed by atoms with van der Waals surface area (Å²) in [6.45, 7) is 6.89. The second-order valence-electron chi connectivity index (χ2n) is 4.78. The molecule has 0 amide bonds. The van der Waals surface area contributed by atoms with Crippen LogP contribution < -0.4 is 0 Å². The molecule has 1 aliphatic heterocycles. The smallest absolute Gasteiger partial charge is 0.184 e. The molecule has 0 aromatic heterocycles. The molecule has 0 bridgehead atoms. The van der Waals surface area contributed by atoms with Gasteiger partial charge in [0.25, 0.3) is 0 Å². The van der Waals surface area contributed by atoms with Crippen molar-refractivity contribution in [2.24, 2.45) is 4.99 Å². The molecule has 1 aliphatic rings. The quantitative estimate of drug-likeness (QED) is 0.793. The molecule has 0 fully saturated rings. The Labute approximate surface area is 108 Å². The lowest BCUT2D eigenvalue weighted by molar-refractivity contribution is 0.264. The molecule has 0 unspecified atom stereocenters. The van der Waals surface area contributed by atoms with E-state index in [1.165, 1.54) is 5.56 Å². The Hall–Kier alpha value is -1.02. The molecule has 17 heavy (non-hydrogen) atoms. The van der Waals surface area contributed by atoms with Crippen molar-refractivity contribution in [2.75, 3.05) is 6.61 Å². The molecular formula is C14H18ClNO. The van der Waals surface area contributed by atoms with Crippen molar-refractivity contribution in [3.8, 4) is 0 Å². The van der Waals surface area contributed by atoms with Gasteiger partial charge in [-0.3, -0.25) is 0 Å². The van der Waals surface area contributed by atoms with Gasteiger partial charge in [0.2, 0.25) is 0 Å². The molecule has 1 atom stereocenters. The van der Waals surface area contributed by atoms with Gasteiger partial charge in [-0.15, -0.1) is 0 Å². The van der Waals surface area contributed by atoms with Crippen LogP contribution in [0.5, 0.6) is 0 Å². The van der Waals surface area contributed by atoms with Gasteiger partial charge < -0.3 is 4.74 Å². The fraction of sp³-hybridized carbons (Fsp3) is 0.500. The van der Waals surface area contributed by atoms with Crippen LogP contribution in [-0.2, 0) is 10.3 Å². The molecule has 0 saturated heterocycles. The van der Waals surface area contributed by atoms with E-state index in [-0.39, 0.29) is 5.54 Å². The van der Waals surface area contributed by atoms with Crippen LogP contribution in [0, 0.1) is 6.92 Å². The van der Waals surface area contributed by atoms with Crippen molar-refractivity contribution in [3.05, 3.63) is 34.3 Å². The van der Waals surface area contributed by atoms with Crippen LogP contribution in [0.3, 0.4) is 0 Å². The van der Waals surface area contributed by atoms with Gasteiger partial charge in [-0.25, -0.2) is 4.99 Å². The Kier molecular flexibility index (Phi) is 3.43. The molecule has 3 heteroatoms. The lowest BCUT2D eigenvalue weighted by Gasteiger charge is -2.19. The summed E-state index contributed by atoms with van der Waals surface area (Å²) < 4.78 is 5.65. The third-order valence-corrected chi connectivity index (χ3v) is 3.56. The summed E-state index contributed by atoms with van der Waals surface area (Å²) in [5.41, 5.74) is 2.01. The van der Waals surface area contributed by atoms with E-state index in [0.29, 0.717) is 6.61 Å². The minimum atomic E-state index is -0.250. The minimum absolute atomic E-state index is 0.250. The summed E-state index contributed by atoms with van der Waals surface area (Å²) in [5, 5.41) is 0.800. The molecule has 2 nitrogen and oxygen atoms in total. The summed E-state index contributed by atoms with van der Waals surface area (Å²) in [4.78, 5) is 4.70. The van der Waals surface area contributed by atoms with E-state index in [0.717, 1.165) is 29.3 Å². The lowest BCUT2D eigenvalue weighted by Crippen LogP contribution is -2.20. The standard InChI is InChI=1S/C14H18ClNO/c1-4-5-13-16-14(3,9-17-13)11-6-7-12(15)10(2)8-11/h6-8H,4-5,9H2,1-3H3/t14-/m0/s1. The van der Waals surface area contributed by atoms with E-state index in [1.807, 2.05) is 19.1 Å². The average Bonchev–Trinajstić information content (AvgIpc) is 2.66. The zero-order valence-electron chi connectivity index (χ0n) is 10.6. The van der Waals surface area contributed by atoms with Crippen molar-refractivity contribution in [2.45, 2.75) is 39.2 Å². The third kappa shape index (κ3) is 2.47. The summed E-state index contributed by atoms with van der Waals surface area (Å²) >= 11 is 6.04. The van der Waals surface area contributed by atoms with Gasteiger partial charge >= 0.3 is 0 Å². The topological polar surface area (TPSA) is 21.6 Å². The second kappa shape index (κ2) is 4.69. The van der Waals surface area contributed by atoms with Crippen molar-refractivity contribution in [1.82, 2.24) is 0 Å². The monoisotopic (exact) mass is 251 g/mol. The number of rotatable bonds is 3. The number of hydrogen-bond donors (Lipinski definition) is 0. The van der Waals surface area contributed by atoms with Gasteiger partial charge in [0.1, 0.15) is 12.1 Å². The molecule has 1 heterocycles. The number of benzene rings is 1. The molecule has 0 N–H and O–H groups in total. The van der Waals surface area contributed by atoms with Crippen LogP contribution in [-0.4, -0.2) is 12.5 Å². The number of aryl methyl sites for hydroxylation is 1. The highest BCUT2D eigenvalue weighted by atomic mass is 35.5. The highest BCUT2D eigenvalue weighted by Crippen LogP contribution is 2.33. The summed E-state index contributed by atoms with van der Waals surface area (Å²) in [5.74, 6) is 0.877. The number of halogens is 1. The van der Waals surface area contributed by atoms with Crippen LogP contribution >= 0.6 is 11.6 Å². The minimum Gasteiger partial charge on any atom is -0.478 e. The molecule has 1 aromatic carbocycles. The molecule has 92 valence electrons. The van der Waals surface area contributed by atoms with Crippen LogP contribution in [0.1, 0.15) is 37.8 Å². The number of hydrogen-bond acceptors (Lipinski definition) is 2. The van der Waals surface area contributed by atoms with Crippen LogP contribution in [0.2, 0.25) is 5.02 Å². The van der Waals surface area contributed by atoms with Gasteiger partial charge in [-0.05, 0) is 37.5 Å². The Morgan fingerprint density at radius 2 is 2.24 bits per heavy atom. The van der Waals surface area contributed by atoms with E-state index in [4.69, 9.17) is 21.3 Å². The normalized spacial score (nSPS) is 23.4. The lowest BCUT2D eigenvalue weighted by atomic mass is 9.93. The summed E-state index contributed by atoms with van der Waals surface area (Å²) in [6, 6.07) is 6.08. The van der Waals surface area contributed by atoms with Crippen molar-refractivity contribution >= 4 is 17.5 Å². The number of ether oxygens (including phenoxy) is 1. The van der Waals surface area contributed by atoms with E-state index >= 15 is 0 Å². The summed E-state index contributed by atoms with van der Waals surface area (Å²) in [6.07, 6.45) is 1.98. The first-order valence-corrected chi connectivity index (χ1v) is 6.41. The predicted octanol–water partition coefficient (Wildman–Crippen LogP) is 4.09. The first-order chi connectivity index (χ1) is 8.05. The maximum absolute atomic E-state index is 6.04. The fourth-order valence-electron chi connectivity index (χ4n) is 2.03. The van der Waals surface area contributed by atoms with E-state index in [1.54, 1.807) is 0 Å². The van der Waals surface area contributed by atoms with Gasteiger partial charge in [0.05, 0.1) is 0 Å². The molecule has 0 spiro atoms. The van der Waals surface area contributed by atoms with Crippen molar-refractivity contribution < 1.29 is 4.74 Å². The summed E-state index contributed by atoms with van der Waals surface area (Å²) in [7, 11) is 0. The largest absolute Gasteiger partial charge is 0.478 e. The molecule has 1 aromatic rings. The predicted molar refractivity (Wildman–Crippen MR) is 71.8 cm³/mol. The maximum atomic E-state index is 6.04. The number of aliphatic imine (C=N–C) groups is 1. The fourth-order valence-corrected chi connectivity index (χ4v) is 2.15. The Morgan fingerprint density at radius 1 is 1.47 bits per heavy atom. The van der Waals surface area contributed by atoms with E-state index < -0.39 is 0 Å². The SMILES string of the molecule is CCCC1=N[C@](C)(c2ccc(Cl)c(C)c2)CO1. The first kappa shape index (κ1) is 12.4. The molecule has 0 saturated carbocycles. The highest BCUT2D eigenvalue weighted by Gasteiger charge is 2.33. The van der Waals surface area contributed by atoms with Gasteiger partial charge in [0, 0.05) is 11.4 Å². The molecule has 2 rings (SSSR count). The Morgan fingerprint density at radius 3 is 2.88 bits per heavy atom. The van der Waals surface area contributed by atoms with Crippen LogP contribution in [0.4, 0.5) is 0 Å². The van der Waals surface area contributed by atoms with E-state index in [2.05, 4.69) is 19.9 Å². The highest BCUT2D eigenvalue weighted by molar-refractivity contribution is 6.31. The number of nitrogens with zero attached hydrogens (tertiary/aromatic N) is 1. The van der Waals surface area contributed by atoms with E-state index in [9.17, 15) is 0 Å². The van der Waals surface area contributed by atoms with Gasteiger partial charge in [0.15, 0.2) is 5.90 Å². The van der Waals surface area contributed by atoms with Crippen molar-refractivity contribution in [1.29, 1.82) is 0 Å².